The van der Waals surface area contributed by atoms with Crippen molar-refractivity contribution in [1.82, 2.24) is 5.32 Å². The number of benzene rings is 3. The number of nitrogens with zero attached hydrogens (tertiary/aromatic N) is 1. The highest BCUT2D eigenvalue weighted by Gasteiger charge is 2.32. The molecule has 1 aromatic heterocycles. The Morgan fingerprint density at radius 2 is 1.57 bits per heavy atom. The summed E-state index contributed by atoms with van der Waals surface area (Å²) in [6.45, 7) is 2.85. The molecule has 0 spiro atoms. The Hall–Kier alpha value is -3.90. The molecule has 4 rings (SSSR count). The molecule has 178 valence electrons. The topological polar surface area (TPSA) is 58.6 Å². The van der Waals surface area contributed by atoms with Crippen LogP contribution in [0.1, 0.15) is 29.0 Å². The first-order valence-corrected chi connectivity index (χ1v) is 12.5. The normalized spacial score (nSPS) is 11.5. The van der Waals surface area contributed by atoms with Gasteiger partial charge in [-0.1, -0.05) is 66.7 Å². The second kappa shape index (κ2) is 12.0. The predicted octanol–water partition coefficient (Wildman–Crippen LogP) is 5.78. The highest BCUT2D eigenvalue weighted by molar-refractivity contribution is 7.10. The molecule has 2 amide bonds. The van der Waals surface area contributed by atoms with Crippen LogP contribution in [0.5, 0.6) is 5.75 Å². The molecular weight excluding hydrogens is 456 g/mol. The fraction of sp³-hybridized carbons (Fsp3) is 0.172. The molecule has 0 aliphatic rings. The second-order valence-corrected chi connectivity index (χ2v) is 9.00. The zero-order chi connectivity index (χ0) is 24.5. The summed E-state index contributed by atoms with van der Waals surface area (Å²) in [5.41, 5.74) is 2.37. The lowest BCUT2D eigenvalue weighted by Gasteiger charge is -2.31. The average molecular weight is 485 g/mol. The van der Waals surface area contributed by atoms with Crippen molar-refractivity contribution in [2.75, 3.05) is 11.5 Å². The summed E-state index contributed by atoms with van der Waals surface area (Å²) < 4.78 is 5.59. The van der Waals surface area contributed by atoms with Gasteiger partial charge in [-0.15, -0.1) is 11.3 Å². The van der Waals surface area contributed by atoms with Gasteiger partial charge < -0.3 is 10.1 Å². The van der Waals surface area contributed by atoms with Crippen LogP contribution in [0, 0.1) is 0 Å². The summed E-state index contributed by atoms with van der Waals surface area (Å²) >= 11 is 1.53. The van der Waals surface area contributed by atoms with Gasteiger partial charge in [0.1, 0.15) is 11.8 Å². The first-order chi connectivity index (χ1) is 17.2. The van der Waals surface area contributed by atoms with E-state index in [1.54, 1.807) is 4.90 Å². The molecule has 1 atom stereocenters. The molecule has 0 aliphatic heterocycles. The minimum Gasteiger partial charge on any atom is -0.494 e. The maximum absolute atomic E-state index is 13.7. The van der Waals surface area contributed by atoms with Crippen LogP contribution in [-0.4, -0.2) is 18.4 Å². The van der Waals surface area contributed by atoms with Crippen LogP contribution >= 0.6 is 11.3 Å². The van der Waals surface area contributed by atoms with Gasteiger partial charge in [0.25, 0.3) is 0 Å². The number of hydrogen-bond acceptors (Lipinski definition) is 4. The van der Waals surface area contributed by atoms with Gasteiger partial charge in [0, 0.05) is 17.1 Å². The molecule has 0 saturated carbocycles. The summed E-state index contributed by atoms with van der Waals surface area (Å²) in [6.07, 6.45) is 0.214. The maximum atomic E-state index is 13.7. The minimum absolute atomic E-state index is 0.146. The van der Waals surface area contributed by atoms with Crippen LogP contribution in [0.15, 0.2) is 102 Å². The molecule has 1 N–H and O–H groups in total. The van der Waals surface area contributed by atoms with Gasteiger partial charge in [-0.2, -0.15) is 0 Å². The van der Waals surface area contributed by atoms with Crippen molar-refractivity contribution in [3.8, 4) is 5.75 Å². The van der Waals surface area contributed by atoms with Crippen LogP contribution in [0.4, 0.5) is 5.69 Å². The first-order valence-electron chi connectivity index (χ1n) is 11.6. The van der Waals surface area contributed by atoms with E-state index in [4.69, 9.17) is 4.74 Å². The number of thiophene rings is 1. The molecule has 6 heteroatoms. The number of amides is 2. The molecule has 35 heavy (non-hydrogen) atoms. The van der Waals surface area contributed by atoms with E-state index in [0.29, 0.717) is 24.4 Å². The molecule has 1 heterocycles. The van der Waals surface area contributed by atoms with Crippen molar-refractivity contribution in [3.63, 3.8) is 0 Å². The first kappa shape index (κ1) is 24.2. The van der Waals surface area contributed by atoms with Crippen LogP contribution in [-0.2, 0) is 22.6 Å². The van der Waals surface area contributed by atoms with E-state index in [1.165, 1.54) is 11.3 Å². The van der Waals surface area contributed by atoms with E-state index < -0.39 is 6.04 Å². The molecule has 0 fully saturated rings. The van der Waals surface area contributed by atoms with Crippen LogP contribution in [0.25, 0.3) is 0 Å². The van der Waals surface area contributed by atoms with Crippen molar-refractivity contribution in [3.05, 3.63) is 118 Å². The number of rotatable bonds is 10. The van der Waals surface area contributed by atoms with Crippen molar-refractivity contribution >= 4 is 28.8 Å². The number of hydrogen-bond donors (Lipinski definition) is 1. The minimum atomic E-state index is -0.843. The fourth-order valence-electron chi connectivity index (χ4n) is 3.89. The Bertz CT molecular complexity index is 1210. The number of ether oxygens (including phenoxy) is 1. The average Bonchev–Trinajstić information content (AvgIpc) is 3.41. The SMILES string of the molecule is CCOc1ccc(C(C(=O)NCc2ccccc2)N(C(=O)Cc2cccs2)c2ccccc2)cc1. The maximum Gasteiger partial charge on any atom is 0.248 e. The number of anilines is 1. The monoisotopic (exact) mass is 484 g/mol. The third kappa shape index (κ3) is 6.37. The number of carbonyl (C=O) groups excluding carboxylic acids is 2. The smallest absolute Gasteiger partial charge is 0.248 e. The Labute approximate surface area is 210 Å². The quantitative estimate of drug-likeness (QED) is 0.310. The second-order valence-electron chi connectivity index (χ2n) is 7.96. The Kier molecular flexibility index (Phi) is 8.30. The molecule has 0 radical (unpaired) electrons. The molecule has 0 aliphatic carbocycles. The predicted molar refractivity (Wildman–Crippen MR) is 141 cm³/mol. The fourth-order valence-corrected chi connectivity index (χ4v) is 4.58. The van der Waals surface area contributed by atoms with E-state index in [9.17, 15) is 9.59 Å². The van der Waals surface area contributed by atoms with Crippen molar-refractivity contribution in [2.24, 2.45) is 0 Å². The summed E-state index contributed by atoms with van der Waals surface area (Å²) in [5, 5.41) is 4.99. The van der Waals surface area contributed by atoms with Crippen molar-refractivity contribution in [2.45, 2.75) is 25.9 Å². The van der Waals surface area contributed by atoms with Gasteiger partial charge in [-0.3, -0.25) is 14.5 Å². The van der Waals surface area contributed by atoms with Gasteiger partial charge in [0.2, 0.25) is 11.8 Å². The van der Waals surface area contributed by atoms with Crippen LogP contribution in [0.2, 0.25) is 0 Å². The molecule has 1 unspecified atom stereocenters. The van der Waals surface area contributed by atoms with Crippen molar-refractivity contribution in [1.29, 1.82) is 0 Å². The number of para-hydroxylation sites is 1. The molecule has 4 aromatic rings. The molecule has 0 saturated heterocycles. The summed E-state index contributed by atoms with van der Waals surface area (Å²) in [5.74, 6) is 0.324. The zero-order valence-electron chi connectivity index (χ0n) is 19.6. The lowest BCUT2D eigenvalue weighted by Crippen LogP contribution is -2.44. The molecule has 5 nitrogen and oxygen atoms in total. The lowest BCUT2D eigenvalue weighted by atomic mass is 10.0. The van der Waals surface area contributed by atoms with Gasteiger partial charge in [-0.25, -0.2) is 0 Å². The van der Waals surface area contributed by atoms with E-state index >= 15 is 0 Å². The van der Waals surface area contributed by atoms with Crippen LogP contribution in [0.3, 0.4) is 0 Å². The van der Waals surface area contributed by atoms with Gasteiger partial charge >= 0.3 is 0 Å². The Balaban J connectivity index is 1.71. The van der Waals surface area contributed by atoms with Gasteiger partial charge in [0.05, 0.1) is 13.0 Å². The van der Waals surface area contributed by atoms with Gasteiger partial charge in [0.15, 0.2) is 0 Å². The number of nitrogens with one attached hydrogen (secondary N) is 1. The standard InChI is InChI=1S/C29H28N2O3S/c1-2-34-25-17-15-23(16-18-25)28(29(33)30-21-22-10-5-3-6-11-22)31(24-12-7-4-8-13-24)27(32)20-26-14-9-19-35-26/h3-19,28H,2,20-21H2,1H3,(H,30,33). The molecule has 0 bridgehead atoms. The lowest BCUT2D eigenvalue weighted by molar-refractivity contribution is -0.126. The zero-order valence-corrected chi connectivity index (χ0v) is 20.4. The van der Waals surface area contributed by atoms with E-state index in [-0.39, 0.29) is 18.2 Å². The largest absolute Gasteiger partial charge is 0.494 e. The van der Waals surface area contributed by atoms with E-state index in [2.05, 4.69) is 5.32 Å². The number of carbonyl (C=O) groups is 2. The van der Waals surface area contributed by atoms with E-state index in [0.717, 1.165) is 16.2 Å². The molecule has 3 aromatic carbocycles. The third-order valence-electron chi connectivity index (χ3n) is 5.53. The molecular formula is C29H28N2O3S. The summed E-state index contributed by atoms with van der Waals surface area (Å²) in [4.78, 5) is 30.0. The van der Waals surface area contributed by atoms with Gasteiger partial charge in [-0.05, 0) is 53.8 Å². The highest BCUT2D eigenvalue weighted by Crippen LogP contribution is 2.30. The Morgan fingerprint density at radius 1 is 0.886 bits per heavy atom. The summed E-state index contributed by atoms with van der Waals surface area (Å²) in [6, 6.07) is 29.5. The van der Waals surface area contributed by atoms with Crippen LogP contribution < -0.4 is 15.0 Å². The van der Waals surface area contributed by atoms with Crippen molar-refractivity contribution < 1.29 is 14.3 Å². The Morgan fingerprint density at radius 3 is 2.20 bits per heavy atom. The third-order valence-corrected chi connectivity index (χ3v) is 6.41. The van der Waals surface area contributed by atoms with E-state index in [1.807, 2.05) is 109 Å². The highest BCUT2D eigenvalue weighted by atomic mass is 32.1. The summed E-state index contributed by atoms with van der Waals surface area (Å²) in [7, 11) is 0.